The second-order valence-corrected chi connectivity index (χ2v) is 8.58. The lowest BCUT2D eigenvalue weighted by Crippen LogP contribution is -2.49. The number of halogens is 3. The third kappa shape index (κ3) is 6.47. The monoisotopic (exact) mass is 426 g/mol. The average molecular weight is 426 g/mol. The normalized spacial score (nSPS) is 14.1. The summed E-state index contributed by atoms with van der Waals surface area (Å²) < 4.78 is 49.0. The summed E-state index contributed by atoms with van der Waals surface area (Å²) in [5, 5.41) is 14.6. The molecule has 1 radical (unpaired) electrons. The maximum absolute atomic E-state index is 12.3. The first-order chi connectivity index (χ1) is 13.7. The molecule has 1 atom stereocenters. The molecule has 0 saturated heterocycles. The van der Waals surface area contributed by atoms with E-state index in [1.807, 2.05) is 13.8 Å². The quantitative estimate of drug-likeness (QED) is 0.624. The van der Waals surface area contributed by atoms with Gasteiger partial charge < -0.3 is 14.5 Å². The summed E-state index contributed by atoms with van der Waals surface area (Å²) in [4.78, 5) is 3.99. The summed E-state index contributed by atoms with van der Waals surface area (Å²) >= 11 is 0. The van der Waals surface area contributed by atoms with Crippen molar-refractivity contribution in [2.24, 2.45) is 5.92 Å². The second-order valence-electron chi connectivity index (χ2n) is 8.58. The standard InChI is InChI=1S/C20H28BF3N3O3/c1-13(2)17(14-7-8-16(25-9-14)29-12-20(22,23)24)27-11-15(10-26-27)21-30-19(5,6)18(3,4)28/h7-11,13,17,28H,12H2,1-6H3. The van der Waals surface area contributed by atoms with Crippen molar-refractivity contribution in [1.29, 1.82) is 0 Å². The fourth-order valence-corrected chi connectivity index (χ4v) is 2.58. The van der Waals surface area contributed by atoms with Crippen LogP contribution in [0.4, 0.5) is 13.2 Å². The van der Waals surface area contributed by atoms with E-state index in [0.29, 0.717) is 0 Å². The zero-order valence-corrected chi connectivity index (χ0v) is 18.1. The number of pyridine rings is 1. The van der Waals surface area contributed by atoms with Gasteiger partial charge in [0.1, 0.15) is 0 Å². The molecule has 10 heteroatoms. The van der Waals surface area contributed by atoms with Crippen LogP contribution >= 0.6 is 0 Å². The predicted molar refractivity (Wildman–Crippen MR) is 108 cm³/mol. The SMILES string of the molecule is CC(C)C(c1ccc(OCC(F)(F)F)nc1)n1cc([B]OC(C)(C)C(C)(C)O)cn1. The predicted octanol–water partition coefficient (Wildman–Crippen LogP) is 3.28. The van der Waals surface area contributed by atoms with Gasteiger partial charge in [-0.1, -0.05) is 13.8 Å². The summed E-state index contributed by atoms with van der Waals surface area (Å²) in [6.07, 6.45) is 0.531. The van der Waals surface area contributed by atoms with Gasteiger partial charge in [-0.15, -0.1) is 0 Å². The van der Waals surface area contributed by atoms with Gasteiger partial charge in [0.2, 0.25) is 5.88 Å². The van der Waals surface area contributed by atoms with Gasteiger partial charge in [0.05, 0.1) is 17.2 Å². The maximum Gasteiger partial charge on any atom is 0.422 e. The van der Waals surface area contributed by atoms with Crippen molar-refractivity contribution < 1.29 is 27.7 Å². The molecule has 0 bridgehead atoms. The van der Waals surface area contributed by atoms with Gasteiger partial charge >= 0.3 is 13.7 Å². The number of aliphatic hydroxyl groups is 1. The molecule has 0 saturated carbocycles. The first-order valence-corrected chi connectivity index (χ1v) is 9.63. The van der Waals surface area contributed by atoms with Gasteiger partial charge in [-0.3, -0.25) is 4.68 Å². The zero-order valence-electron chi connectivity index (χ0n) is 18.1. The molecule has 0 aliphatic carbocycles. The highest BCUT2D eigenvalue weighted by Gasteiger charge is 2.36. The van der Waals surface area contributed by atoms with Crippen LogP contribution in [0.1, 0.15) is 53.1 Å². The Morgan fingerprint density at radius 2 is 1.80 bits per heavy atom. The fraction of sp³-hybridized carbons (Fsp3) is 0.600. The van der Waals surface area contributed by atoms with Crippen LogP contribution in [-0.2, 0) is 4.65 Å². The molecule has 1 unspecified atom stereocenters. The maximum atomic E-state index is 12.3. The lowest BCUT2D eigenvalue weighted by molar-refractivity contribution is -0.154. The molecule has 0 spiro atoms. The van der Waals surface area contributed by atoms with Crippen molar-refractivity contribution >= 4 is 12.9 Å². The number of alkyl halides is 3. The summed E-state index contributed by atoms with van der Waals surface area (Å²) in [5.74, 6) is 0.0468. The largest absolute Gasteiger partial charge is 0.468 e. The van der Waals surface area contributed by atoms with E-state index in [0.717, 1.165) is 11.0 Å². The van der Waals surface area contributed by atoms with Crippen molar-refractivity contribution in [2.45, 2.75) is 65.0 Å². The van der Waals surface area contributed by atoms with Gasteiger partial charge in [-0.05, 0) is 50.7 Å². The number of hydrogen-bond donors (Lipinski definition) is 1. The molecule has 2 aromatic rings. The van der Waals surface area contributed by atoms with E-state index < -0.39 is 24.0 Å². The first kappa shape index (κ1) is 24.2. The van der Waals surface area contributed by atoms with E-state index in [1.54, 1.807) is 58.3 Å². The van der Waals surface area contributed by atoms with E-state index in [4.69, 9.17) is 4.65 Å². The van der Waals surface area contributed by atoms with Crippen LogP contribution in [0.25, 0.3) is 0 Å². The van der Waals surface area contributed by atoms with Crippen LogP contribution < -0.4 is 10.2 Å². The van der Waals surface area contributed by atoms with Crippen molar-refractivity contribution in [3.05, 3.63) is 36.3 Å². The number of rotatable bonds is 9. The van der Waals surface area contributed by atoms with Gasteiger partial charge in [0, 0.05) is 24.7 Å². The van der Waals surface area contributed by atoms with E-state index in [2.05, 4.69) is 14.8 Å². The van der Waals surface area contributed by atoms with E-state index in [1.165, 1.54) is 12.3 Å². The second kappa shape index (κ2) is 8.97. The van der Waals surface area contributed by atoms with Crippen molar-refractivity contribution in [3.8, 4) is 5.88 Å². The van der Waals surface area contributed by atoms with Crippen LogP contribution in [-0.4, -0.2) is 51.3 Å². The van der Waals surface area contributed by atoms with Gasteiger partial charge in [-0.2, -0.15) is 18.3 Å². The molecule has 0 fully saturated rings. The van der Waals surface area contributed by atoms with Crippen LogP contribution in [0.5, 0.6) is 5.88 Å². The Kier molecular flexibility index (Phi) is 7.24. The van der Waals surface area contributed by atoms with Gasteiger partial charge in [0.15, 0.2) is 6.61 Å². The van der Waals surface area contributed by atoms with Crippen LogP contribution in [0.3, 0.4) is 0 Å². The molecular formula is C20H28BF3N3O3. The highest BCUT2D eigenvalue weighted by molar-refractivity contribution is 6.46. The molecule has 2 rings (SSSR count). The van der Waals surface area contributed by atoms with Gasteiger partial charge in [0.25, 0.3) is 0 Å². The van der Waals surface area contributed by atoms with E-state index >= 15 is 0 Å². The topological polar surface area (TPSA) is 69.4 Å². The molecular weight excluding hydrogens is 398 g/mol. The van der Waals surface area contributed by atoms with Crippen molar-refractivity contribution in [2.75, 3.05) is 6.61 Å². The van der Waals surface area contributed by atoms with E-state index in [-0.39, 0.29) is 17.8 Å². The lowest BCUT2D eigenvalue weighted by Gasteiger charge is -2.37. The molecule has 0 aromatic carbocycles. The minimum Gasteiger partial charge on any atom is -0.468 e. The number of ether oxygens (including phenoxy) is 1. The highest BCUT2D eigenvalue weighted by Crippen LogP contribution is 2.27. The van der Waals surface area contributed by atoms with E-state index in [9.17, 15) is 18.3 Å². The molecule has 0 aliphatic heterocycles. The van der Waals surface area contributed by atoms with Gasteiger partial charge in [-0.25, -0.2) is 4.98 Å². The van der Waals surface area contributed by atoms with Crippen molar-refractivity contribution in [3.63, 3.8) is 0 Å². The third-order valence-corrected chi connectivity index (χ3v) is 4.99. The summed E-state index contributed by atoms with van der Waals surface area (Å²) in [7, 11) is 1.55. The average Bonchev–Trinajstić information content (AvgIpc) is 3.06. The number of hydrogen-bond acceptors (Lipinski definition) is 5. The Labute approximate surface area is 175 Å². The Balaban J connectivity index is 2.12. The molecule has 6 nitrogen and oxygen atoms in total. The molecule has 0 amide bonds. The minimum atomic E-state index is -4.41. The Bertz CT molecular complexity index is 815. The zero-order chi connectivity index (χ0) is 22.7. The highest BCUT2D eigenvalue weighted by atomic mass is 19.4. The third-order valence-electron chi connectivity index (χ3n) is 4.99. The smallest absolute Gasteiger partial charge is 0.422 e. The first-order valence-electron chi connectivity index (χ1n) is 9.63. The van der Waals surface area contributed by atoms with Crippen LogP contribution in [0.15, 0.2) is 30.7 Å². The minimum absolute atomic E-state index is 0.0877. The van der Waals surface area contributed by atoms with Crippen LogP contribution in [0, 0.1) is 5.92 Å². The number of aromatic nitrogens is 3. The Morgan fingerprint density at radius 3 is 2.30 bits per heavy atom. The fourth-order valence-electron chi connectivity index (χ4n) is 2.58. The Morgan fingerprint density at radius 1 is 1.13 bits per heavy atom. The molecule has 30 heavy (non-hydrogen) atoms. The Hall–Kier alpha value is -2.07. The summed E-state index contributed by atoms with van der Waals surface area (Å²) in [6.45, 7) is 9.57. The molecule has 165 valence electrons. The molecule has 0 aliphatic rings. The van der Waals surface area contributed by atoms with Crippen molar-refractivity contribution in [1.82, 2.24) is 14.8 Å². The van der Waals surface area contributed by atoms with Crippen LogP contribution in [0.2, 0.25) is 0 Å². The molecule has 1 N–H and O–H groups in total. The lowest BCUT2D eigenvalue weighted by atomic mass is 9.84. The molecule has 2 heterocycles. The number of nitrogens with zero attached hydrogens (tertiary/aromatic N) is 3. The summed E-state index contributed by atoms with van der Waals surface area (Å²) in [5.41, 5.74) is -0.336. The molecule has 2 aromatic heterocycles. The summed E-state index contributed by atoms with van der Waals surface area (Å²) in [6, 6.07) is 2.92.